The average molecular weight is 328 g/mol. The lowest BCUT2D eigenvalue weighted by Crippen LogP contribution is -2.24. The Labute approximate surface area is 132 Å². The fourth-order valence-corrected chi connectivity index (χ4v) is 2.21. The van der Waals surface area contributed by atoms with Crippen molar-refractivity contribution in [1.29, 1.82) is 0 Å². The van der Waals surface area contributed by atoms with Crippen LogP contribution in [-0.2, 0) is 12.7 Å². The number of hydrogen-bond donors (Lipinski definition) is 1. The van der Waals surface area contributed by atoms with Crippen LogP contribution < -0.4 is 4.74 Å². The maximum Gasteiger partial charge on any atom is 0.416 e. The monoisotopic (exact) mass is 328 g/mol. The predicted molar refractivity (Wildman–Crippen MR) is 79.3 cm³/mol. The molecule has 0 bridgehead atoms. The zero-order valence-corrected chi connectivity index (χ0v) is 12.9. The number of nitrogens with zero attached hydrogens (tertiary/aromatic N) is 2. The number of aliphatic hydroxyl groups is 1. The maximum atomic E-state index is 12.6. The van der Waals surface area contributed by atoms with Crippen molar-refractivity contribution in [3.8, 4) is 5.75 Å². The van der Waals surface area contributed by atoms with Gasteiger partial charge in [-0.2, -0.15) is 13.2 Å². The molecule has 0 radical (unpaired) electrons. The van der Waals surface area contributed by atoms with Gasteiger partial charge in [0.25, 0.3) is 0 Å². The smallest absolute Gasteiger partial charge is 0.416 e. The minimum absolute atomic E-state index is 0.0774. The molecule has 126 valence electrons. The fraction of sp³-hybridized carbons (Fsp3) is 0.438. The van der Waals surface area contributed by atoms with E-state index in [9.17, 15) is 18.3 Å². The van der Waals surface area contributed by atoms with Crippen LogP contribution in [0.5, 0.6) is 5.75 Å². The van der Waals surface area contributed by atoms with Crippen molar-refractivity contribution in [3.63, 3.8) is 0 Å². The summed E-state index contributed by atoms with van der Waals surface area (Å²) in [6.07, 6.45) is -1.87. The third-order valence-corrected chi connectivity index (χ3v) is 3.28. The van der Waals surface area contributed by atoms with Gasteiger partial charge in [0.05, 0.1) is 12.1 Å². The molecule has 1 aromatic heterocycles. The number of imidazole rings is 1. The van der Waals surface area contributed by atoms with E-state index in [1.165, 1.54) is 12.1 Å². The molecule has 0 saturated carbocycles. The molecule has 0 fully saturated rings. The second kappa shape index (κ2) is 7.04. The van der Waals surface area contributed by atoms with Gasteiger partial charge >= 0.3 is 6.18 Å². The van der Waals surface area contributed by atoms with Crippen LogP contribution in [-0.4, -0.2) is 27.4 Å². The van der Waals surface area contributed by atoms with Gasteiger partial charge in [-0.15, -0.1) is 0 Å². The third-order valence-electron chi connectivity index (χ3n) is 3.28. The topological polar surface area (TPSA) is 47.3 Å². The van der Waals surface area contributed by atoms with Gasteiger partial charge in [-0.1, -0.05) is 19.9 Å². The molecular formula is C16H19F3N2O2. The van der Waals surface area contributed by atoms with Crippen LogP contribution in [0.15, 0.2) is 36.7 Å². The van der Waals surface area contributed by atoms with Crippen LogP contribution in [0.4, 0.5) is 13.2 Å². The molecule has 7 heteroatoms. The van der Waals surface area contributed by atoms with E-state index in [1.54, 1.807) is 12.4 Å². The Morgan fingerprint density at radius 2 is 2.04 bits per heavy atom. The summed E-state index contributed by atoms with van der Waals surface area (Å²) in [6, 6.07) is 4.60. The maximum absolute atomic E-state index is 12.6. The van der Waals surface area contributed by atoms with Gasteiger partial charge in [0.1, 0.15) is 24.3 Å². The fourth-order valence-electron chi connectivity index (χ4n) is 2.21. The summed E-state index contributed by atoms with van der Waals surface area (Å²) in [5.41, 5.74) is -0.777. The van der Waals surface area contributed by atoms with E-state index in [-0.39, 0.29) is 24.8 Å². The summed E-state index contributed by atoms with van der Waals surface area (Å²) in [4.78, 5) is 4.21. The van der Waals surface area contributed by atoms with E-state index < -0.39 is 17.8 Å². The first-order valence-electron chi connectivity index (χ1n) is 7.26. The highest BCUT2D eigenvalue weighted by Crippen LogP contribution is 2.31. The van der Waals surface area contributed by atoms with Crippen LogP contribution in [0.3, 0.4) is 0 Å². The molecule has 1 atom stereocenters. The number of halogens is 3. The molecule has 1 unspecified atom stereocenters. The molecule has 0 aliphatic carbocycles. The standard InChI is InChI=1S/C16H19F3N2O2/c1-11(2)15-20-6-7-21(15)9-13(22)10-23-14-5-3-4-12(8-14)16(17,18)19/h3-8,11,13,22H,9-10H2,1-2H3. The average Bonchev–Trinajstić information content (AvgIpc) is 2.93. The lowest BCUT2D eigenvalue weighted by molar-refractivity contribution is -0.137. The molecule has 0 amide bonds. The summed E-state index contributed by atoms with van der Waals surface area (Å²) in [5, 5.41) is 10.0. The molecule has 2 aromatic rings. The number of aromatic nitrogens is 2. The lowest BCUT2D eigenvalue weighted by atomic mass is 10.2. The van der Waals surface area contributed by atoms with Crippen LogP contribution in [0, 0.1) is 0 Å². The van der Waals surface area contributed by atoms with E-state index in [1.807, 2.05) is 18.4 Å². The first-order valence-corrected chi connectivity index (χ1v) is 7.26. The summed E-state index contributed by atoms with van der Waals surface area (Å²) in [7, 11) is 0. The van der Waals surface area contributed by atoms with E-state index in [4.69, 9.17) is 4.74 Å². The Bertz CT molecular complexity index is 638. The molecular weight excluding hydrogens is 309 g/mol. The molecule has 1 aromatic carbocycles. The Morgan fingerprint density at radius 1 is 1.30 bits per heavy atom. The van der Waals surface area contributed by atoms with Crippen molar-refractivity contribution in [2.75, 3.05) is 6.61 Å². The molecule has 0 aliphatic rings. The molecule has 4 nitrogen and oxygen atoms in total. The molecule has 2 rings (SSSR count). The van der Waals surface area contributed by atoms with E-state index in [0.717, 1.165) is 18.0 Å². The van der Waals surface area contributed by atoms with Crippen molar-refractivity contribution < 1.29 is 23.0 Å². The summed E-state index contributed by atoms with van der Waals surface area (Å²) >= 11 is 0. The Balaban J connectivity index is 1.94. The predicted octanol–water partition coefficient (Wildman–Crippen LogP) is 3.47. The Kier molecular flexibility index (Phi) is 5.30. The third kappa shape index (κ3) is 4.72. The number of aliphatic hydroxyl groups excluding tert-OH is 1. The van der Waals surface area contributed by atoms with E-state index in [2.05, 4.69) is 4.98 Å². The zero-order chi connectivity index (χ0) is 17.0. The van der Waals surface area contributed by atoms with Crippen LogP contribution in [0.25, 0.3) is 0 Å². The Morgan fingerprint density at radius 3 is 2.70 bits per heavy atom. The van der Waals surface area contributed by atoms with Gasteiger partial charge in [-0.25, -0.2) is 4.98 Å². The van der Waals surface area contributed by atoms with E-state index >= 15 is 0 Å². The summed E-state index contributed by atoms with van der Waals surface area (Å²) < 4.78 is 45.0. The molecule has 1 N–H and O–H groups in total. The molecule has 23 heavy (non-hydrogen) atoms. The van der Waals surface area contributed by atoms with E-state index in [0.29, 0.717) is 0 Å². The van der Waals surface area contributed by atoms with Crippen molar-refractivity contribution in [3.05, 3.63) is 48.0 Å². The minimum Gasteiger partial charge on any atom is -0.491 e. The lowest BCUT2D eigenvalue weighted by Gasteiger charge is -2.16. The van der Waals surface area contributed by atoms with Gasteiger partial charge < -0.3 is 14.4 Å². The van der Waals surface area contributed by atoms with Crippen LogP contribution in [0.1, 0.15) is 31.2 Å². The zero-order valence-electron chi connectivity index (χ0n) is 12.9. The SMILES string of the molecule is CC(C)c1nccn1CC(O)COc1cccc(C(F)(F)F)c1. The highest BCUT2D eigenvalue weighted by atomic mass is 19.4. The van der Waals surface area contributed by atoms with Gasteiger partial charge in [0, 0.05) is 18.3 Å². The van der Waals surface area contributed by atoms with Crippen molar-refractivity contribution >= 4 is 0 Å². The first-order chi connectivity index (χ1) is 10.8. The van der Waals surface area contributed by atoms with Crippen LogP contribution >= 0.6 is 0 Å². The van der Waals surface area contributed by atoms with Gasteiger partial charge in [-0.3, -0.25) is 0 Å². The number of benzene rings is 1. The largest absolute Gasteiger partial charge is 0.491 e. The minimum atomic E-state index is -4.42. The Hall–Kier alpha value is -2.02. The molecule has 1 heterocycles. The number of rotatable bonds is 6. The highest BCUT2D eigenvalue weighted by Gasteiger charge is 2.30. The van der Waals surface area contributed by atoms with Crippen LogP contribution in [0.2, 0.25) is 0 Å². The molecule has 0 saturated heterocycles. The van der Waals surface area contributed by atoms with Gasteiger partial charge in [0.15, 0.2) is 0 Å². The van der Waals surface area contributed by atoms with Crippen molar-refractivity contribution in [1.82, 2.24) is 9.55 Å². The van der Waals surface area contributed by atoms with Gasteiger partial charge in [-0.05, 0) is 18.2 Å². The molecule has 0 aliphatic heterocycles. The second-order valence-electron chi connectivity index (χ2n) is 5.58. The normalized spacial score (nSPS) is 13.3. The number of ether oxygens (including phenoxy) is 1. The number of alkyl halides is 3. The van der Waals surface area contributed by atoms with Crippen molar-refractivity contribution in [2.45, 2.75) is 38.6 Å². The van der Waals surface area contributed by atoms with Gasteiger partial charge in [0.2, 0.25) is 0 Å². The molecule has 0 spiro atoms. The number of hydrogen-bond acceptors (Lipinski definition) is 3. The highest BCUT2D eigenvalue weighted by molar-refractivity contribution is 5.30. The first kappa shape index (κ1) is 17.3. The summed E-state index contributed by atoms with van der Waals surface area (Å²) in [5.74, 6) is 1.12. The second-order valence-corrected chi connectivity index (χ2v) is 5.58. The quantitative estimate of drug-likeness (QED) is 0.883. The van der Waals surface area contributed by atoms with Crippen molar-refractivity contribution in [2.24, 2.45) is 0 Å². The summed E-state index contributed by atoms with van der Waals surface area (Å²) in [6.45, 7) is 4.15.